The van der Waals surface area contributed by atoms with Gasteiger partial charge in [-0.05, 0) is 18.4 Å². The highest BCUT2D eigenvalue weighted by atomic mass is 32.2. The second-order valence-electron chi connectivity index (χ2n) is 6.12. The molecule has 11 heteroatoms. The van der Waals surface area contributed by atoms with Crippen molar-refractivity contribution in [2.45, 2.75) is 11.4 Å². The summed E-state index contributed by atoms with van der Waals surface area (Å²) in [5.74, 6) is -0.333. The number of hydrogen-bond acceptors (Lipinski definition) is 7. The molecule has 4 rings (SSSR count). The predicted molar refractivity (Wildman–Crippen MR) is 110 cm³/mol. The smallest absolute Gasteiger partial charge is 0.315 e. The lowest BCUT2D eigenvalue weighted by Gasteiger charge is -2.06. The molecule has 28 heavy (non-hydrogen) atoms. The van der Waals surface area contributed by atoms with Crippen LogP contribution in [0.1, 0.15) is 0 Å². The number of aromatic nitrogens is 5. The molecule has 3 heterocycles. The van der Waals surface area contributed by atoms with Crippen molar-refractivity contribution in [1.82, 2.24) is 23.7 Å². The SMILES string of the molecule is CSc1cccc2sc(NC(=O)Cn3cnc4c3c(=O)n(C)c(=O)n4C)nc12. The number of nitrogens with zero attached hydrogens (tertiary/aromatic N) is 5. The van der Waals surface area contributed by atoms with Crippen LogP contribution in [0.4, 0.5) is 5.13 Å². The Morgan fingerprint density at radius 2 is 2.04 bits per heavy atom. The van der Waals surface area contributed by atoms with Crippen LogP contribution in [0.2, 0.25) is 0 Å². The van der Waals surface area contributed by atoms with Gasteiger partial charge in [-0.15, -0.1) is 11.8 Å². The van der Waals surface area contributed by atoms with Gasteiger partial charge in [-0.3, -0.25) is 18.7 Å². The van der Waals surface area contributed by atoms with Gasteiger partial charge in [-0.25, -0.2) is 14.8 Å². The van der Waals surface area contributed by atoms with Crippen molar-refractivity contribution in [3.8, 4) is 0 Å². The zero-order chi connectivity index (χ0) is 20.0. The van der Waals surface area contributed by atoms with E-state index in [9.17, 15) is 14.4 Å². The third-order valence-corrected chi connectivity index (χ3v) is 6.08. The lowest BCUT2D eigenvalue weighted by molar-refractivity contribution is -0.116. The Kier molecular flexibility index (Phi) is 4.55. The quantitative estimate of drug-likeness (QED) is 0.505. The molecular weight excluding hydrogens is 400 g/mol. The van der Waals surface area contributed by atoms with E-state index in [4.69, 9.17) is 0 Å². The number of rotatable bonds is 4. The Balaban J connectivity index is 1.65. The minimum atomic E-state index is -0.493. The number of thioether (sulfide) groups is 1. The van der Waals surface area contributed by atoms with Gasteiger partial charge < -0.3 is 9.88 Å². The zero-order valence-corrected chi connectivity index (χ0v) is 16.9. The summed E-state index contributed by atoms with van der Waals surface area (Å²) in [5.41, 5.74) is 0.339. The number of fused-ring (bicyclic) bond motifs is 2. The molecule has 1 N–H and O–H groups in total. The Hall–Kier alpha value is -2.92. The third kappa shape index (κ3) is 2.92. The minimum absolute atomic E-state index is 0.116. The second kappa shape index (κ2) is 6.91. The predicted octanol–water partition coefficient (Wildman–Crippen LogP) is 1.40. The fraction of sp³-hybridized carbons (Fsp3) is 0.235. The van der Waals surface area contributed by atoms with Crippen LogP contribution in [-0.4, -0.2) is 35.8 Å². The Morgan fingerprint density at radius 1 is 1.25 bits per heavy atom. The molecule has 0 atom stereocenters. The molecule has 0 aliphatic carbocycles. The van der Waals surface area contributed by atoms with Gasteiger partial charge in [-0.2, -0.15) is 0 Å². The Morgan fingerprint density at radius 3 is 2.79 bits per heavy atom. The number of carbonyl (C=O) groups is 1. The molecule has 1 amide bonds. The molecule has 0 aliphatic heterocycles. The van der Waals surface area contributed by atoms with Gasteiger partial charge in [0.2, 0.25) is 5.91 Å². The van der Waals surface area contributed by atoms with E-state index in [0.29, 0.717) is 5.13 Å². The number of benzene rings is 1. The first-order chi connectivity index (χ1) is 13.4. The van der Waals surface area contributed by atoms with E-state index in [0.717, 1.165) is 19.7 Å². The van der Waals surface area contributed by atoms with E-state index in [1.54, 1.807) is 11.8 Å². The molecule has 0 unspecified atom stereocenters. The first-order valence-corrected chi connectivity index (χ1v) is 10.3. The van der Waals surface area contributed by atoms with Gasteiger partial charge in [0.15, 0.2) is 16.3 Å². The number of thiazole rings is 1. The van der Waals surface area contributed by atoms with E-state index < -0.39 is 11.2 Å². The van der Waals surface area contributed by atoms with Gasteiger partial charge in [0.05, 0.1) is 16.5 Å². The average Bonchev–Trinajstić information content (AvgIpc) is 3.28. The van der Waals surface area contributed by atoms with Crippen molar-refractivity contribution in [2.75, 3.05) is 11.6 Å². The molecule has 0 saturated carbocycles. The number of imidazole rings is 1. The van der Waals surface area contributed by atoms with Gasteiger partial charge in [-0.1, -0.05) is 17.4 Å². The maximum atomic E-state index is 12.5. The van der Waals surface area contributed by atoms with Crippen LogP contribution in [0.3, 0.4) is 0 Å². The fourth-order valence-electron chi connectivity index (χ4n) is 2.97. The molecule has 1 aromatic carbocycles. The van der Waals surface area contributed by atoms with Gasteiger partial charge in [0.25, 0.3) is 5.56 Å². The zero-order valence-electron chi connectivity index (χ0n) is 15.3. The molecule has 0 aliphatic rings. The van der Waals surface area contributed by atoms with Crippen LogP contribution in [0, 0.1) is 0 Å². The van der Waals surface area contributed by atoms with E-state index in [-0.39, 0.29) is 23.6 Å². The van der Waals surface area contributed by atoms with Crippen molar-refractivity contribution in [3.05, 3.63) is 45.4 Å². The molecule has 144 valence electrons. The summed E-state index contributed by atoms with van der Waals surface area (Å²) >= 11 is 2.98. The van der Waals surface area contributed by atoms with Crippen molar-refractivity contribution in [2.24, 2.45) is 14.1 Å². The first-order valence-electron chi connectivity index (χ1n) is 8.25. The van der Waals surface area contributed by atoms with Crippen molar-refractivity contribution in [3.63, 3.8) is 0 Å². The monoisotopic (exact) mass is 416 g/mol. The maximum absolute atomic E-state index is 12.5. The maximum Gasteiger partial charge on any atom is 0.332 e. The molecule has 0 spiro atoms. The largest absolute Gasteiger partial charge is 0.332 e. The lowest BCUT2D eigenvalue weighted by atomic mass is 10.3. The molecule has 4 aromatic rings. The molecular formula is C17H16N6O3S2. The number of nitrogens with one attached hydrogen (secondary N) is 1. The normalized spacial score (nSPS) is 11.4. The third-order valence-electron chi connectivity index (χ3n) is 4.38. The van der Waals surface area contributed by atoms with Gasteiger partial charge >= 0.3 is 5.69 Å². The van der Waals surface area contributed by atoms with Gasteiger partial charge in [0.1, 0.15) is 6.54 Å². The van der Waals surface area contributed by atoms with Crippen LogP contribution in [0.5, 0.6) is 0 Å². The lowest BCUT2D eigenvalue weighted by Crippen LogP contribution is -2.37. The second-order valence-corrected chi connectivity index (χ2v) is 8.00. The number of carbonyl (C=O) groups excluding carboxylic acids is 1. The van der Waals surface area contributed by atoms with Gasteiger partial charge in [0, 0.05) is 19.0 Å². The molecule has 0 radical (unpaired) electrons. The minimum Gasteiger partial charge on any atom is -0.315 e. The summed E-state index contributed by atoms with van der Waals surface area (Å²) in [6, 6.07) is 5.89. The Labute approximate surface area is 166 Å². The Bertz CT molecular complexity index is 1350. The summed E-state index contributed by atoms with van der Waals surface area (Å²) in [6.07, 6.45) is 3.36. The number of para-hydroxylation sites is 1. The summed E-state index contributed by atoms with van der Waals surface area (Å²) in [5, 5.41) is 3.27. The summed E-state index contributed by atoms with van der Waals surface area (Å²) < 4.78 is 4.70. The summed E-state index contributed by atoms with van der Waals surface area (Å²) in [4.78, 5) is 46.6. The molecule has 9 nitrogen and oxygen atoms in total. The first kappa shape index (κ1) is 18.4. The molecule has 3 aromatic heterocycles. The van der Waals surface area contributed by atoms with Crippen LogP contribution < -0.4 is 16.6 Å². The molecule has 0 fully saturated rings. The molecule has 0 saturated heterocycles. The van der Waals surface area contributed by atoms with E-state index in [1.165, 1.54) is 40.9 Å². The summed E-state index contributed by atoms with van der Waals surface area (Å²) in [6.45, 7) is -0.116. The van der Waals surface area contributed by atoms with Crippen LogP contribution in [0.25, 0.3) is 21.4 Å². The average molecular weight is 416 g/mol. The molecule has 0 bridgehead atoms. The number of aryl methyl sites for hydroxylation is 1. The van der Waals surface area contributed by atoms with Crippen molar-refractivity contribution >= 4 is 55.5 Å². The standard InChI is InChI=1S/C17H16N6O3S2/c1-21-14-13(15(25)22(2)17(21)26)23(8-18-14)7-11(24)19-16-20-12-9(27-3)5-4-6-10(12)28-16/h4-6,8H,7H2,1-3H3,(H,19,20,24). The number of hydrogen-bond donors (Lipinski definition) is 1. The number of anilines is 1. The van der Waals surface area contributed by atoms with Crippen LogP contribution in [0.15, 0.2) is 39.0 Å². The summed E-state index contributed by atoms with van der Waals surface area (Å²) in [7, 11) is 2.93. The van der Waals surface area contributed by atoms with E-state index in [1.807, 2.05) is 24.5 Å². The fourth-order valence-corrected chi connectivity index (χ4v) is 4.51. The highest BCUT2D eigenvalue weighted by Gasteiger charge is 2.17. The number of amides is 1. The van der Waals surface area contributed by atoms with E-state index >= 15 is 0 Å². The highest BCUT2D eigenvalue weighted by molar-refractivity contribution is 7.98. The van der Waals surface area contributed by atoms with Crippen LogP contribution in [-0.2, 0) is 25.4 Å². The van der Waals surface area contributed by atoms with Crippen LogP contribution >= 0.6 is 23.1 Å². The highest BCUT2D eigenvalue weighted by Crippen LogP contribution is 2.32. The van der Waals surface area contributed by atoms with Crippen molar-refractivity contribution < 1.29 is 4.79 Å². The topological polar surface area (TPSA) is 104 Å². The van der Waals surface area contributed by atoms with E-state index in [2.05, 4.69) is 15.3 Å². The van der Waals surface area contributed by atoms with Crippen molar-refractivity contribution in [1.29, 1.82) is 0 Å².